The van der Waals surface area contributed by atoms with Crippen molar-refractivity contribution in [3.8, 4) is 44.5 Å². The molecular formula is C44H40N2O2S2. The Morgan fingerprint density at radius 3 is 1.20 bits per heavy atom. The van der Waals surface area contributed by atoms with Gasteiger partial charge in [0.2, 0.25) is 11.8 Å². The molecule has 6 heteroatoms. The first-order valence-corrected chi connectivity index (χ1v) is 19.4. The minimum Gasteiger partial charge on any atom is -0.352 e. The second-order valence-electron chi connectivity index (χ2n) is 12.0. The molecule has 250 valence electrons. The monoisotopic (exact) mass is 692 g/mol. The molecule has 0 fully saturated rings. The van der Waals surface area contributed by atoms with E-state index in [0.29, 0.717) is 37.4 Å². The molecule has 0 aromatic heterocycles. The first-order chi connectivity index (χ1) is 24.6. The van der Waals surface area contributed by atoms with Crippen molar-refractivity contribution in [2.45, 2.75) is 25.9 Å². The summed E-state index contributed by atoms with van der Waals surface area (Å²) in [6.45, 7) is 1.00. The lowest BCUT2D eigenvalue weighted by Gasteiger charge is -2.09. The van der Waals surface area contributed by atoms with Crippen molar-refractivity contribution in [1.29, 1.82) is 0 Å². The van der Waals surface area contributed by atoms with Gasteiger partial charge in [0.25, 0.3) is 0 Å². The van der Waals surface area contributed by atoms with Gasteiger partial charge in [-0.3, -0.25) is 9.59 Å². The van der Waals surface area contributed by atoms with Crippen LogP contribution in [0.25, 0.3) is 44.5 Å². The normalized spacial score (nSPS) is 10.8. The number of hydrogen-bond donors (Lipinski definition) is 2. The molecular weight excluding hydrogens is 653 g/mol. The maximum absolute atomic E-state index is 12.5. The average molecular weight is 693 g/mol. The summed E-state index contributed by atoms with van der Waals surface area (Å²) in [5.74, 6) is 1.47. The van der Waals surface area contributed by atoms with E-state index in [2.05, 4.69) is 144 Å². The zero-order valence-corrected chi connectivity index (χ0v) is 29.5. The van der Waals surface area contributed by atoms with Gasteiger partial charge < -0.3 is 10.6 Å². The fourth-order valence-corrected chi connectivity index (χ4v) is 7.59. The summed E-state index contributed by atoms with van der Waals surface area (Å²) < 4.78 is 0. The maximum atomic E-state index is 12.5. The molecule has 2 amide bonds. The lowest BCUT2D eigenvalue weighted by Crippen LogP contribution is -2.23. The topological polar surface area (TPSA) is 58.2 Å². The molecule has 6 aromatic rings. The van der Waals surface area contributed by atoms with Crippen LogP contribution in [0.1, 0.15) is 24.0 Å². The van der Waals surface area contributed by atoms with Crippen LogP contribution in [0.4, 0.5) is 0 Å². The van der Waals surface area contributed by atoms with Gasteiger partial charge in [0.15, 0.2) is 0 Å². The molecule has 0 heterocycles. The zero-order chi connectivity index (χ0) is 34.4. The Kier molecular flexibility index (Phi) is 12.6. The van der Waals surface area contributed by atoms with E-state index in [-0.39, 0.29) is 11.8 Å². The van der Waals surface area contributed by atoms with Crippen molar-refractivity contribution >= 4 is 33.4 Å². The van der Waals surface area contributed by atoms with Crippen LogP contribution in [0.2, 0.25) is 0 Å². The van der Waals surface area contributed by atoms with Crippen LogP contribution in [0.15, 0.2) is 158 Å². The number of carbonyl (C=O) groups excluding carboxylic acids is 2. The lowest BCUT2D eigenvalue weighted by molar-refractivity contribution is -0.121. The number of carbonyl (C=O) groups is 2. The van der Waals surface area contributed by atoms with Gasteiger partial charge in [-0.2, -0.15) is 0 Å². The summed E-state index contributed by atoms with van der Waals surface area (Å²) in [6.07, 6.45) is 0.888. The third-order valence-corrected chi connectivity index (χ3v) is 10.8. The Labute approximate surface area is 303 Å². The van der Waals surface area contributed by atoms with Gasteiger partial charge in [0.05, 0.1) is 0 Å². The first kappa shape index (κ1) is 34.8. The Morgan fingerprint density at radius 2 is 0.740 bits per heavy atom. The molecule has 6 aromatic carbocycles. The predicted octanol–water partition coefficient (Wildman–Crippen LogP) is 10.4. The van der Waals surface area contributed by atoms with Gasteiger partial charge in [-0.1, -0.05) is 173 Å². The van der Waals surface area contributed by atoms with E-state index < -0.39 is 0 Å². The maximum Gasteiger partial charge on any atom is 0.221 e. The fraction of sp³-hybridized carbons (Fsp3) is 0.136. The largest absolute Gasteiger partial charge is 0.352 e. The van der Waals surface area contributed by atoms with Crippen LogP contribution >= 0.6 is 21.6 Å². The number of benzene rings is 6. The molecule has 0 atom stereocenters. The minimum absolute atomic E-state index is 0.0312. The quantitative estimate of drug-likeness (QED) is 0.0831. The summed E-state index contributed by atoms with van der Waals surface area (Å²) in [5, 5.41) is 6.07. The molecule has 6 rings (SSSR count). The van der Waals surface area contributed by atoms with Gasteiger partial charge in [-0.25, -0.2) is 0 Å². The van der Waals surface area contributed by atoms with Crippen LogP contribution in [0, 0.1) is 0 Å². The highest BCUT2D eigenvalue weighted by Gasteiger charge is 2.07. The standard InChI is InChI=1S/C44H40N2O2S2/c47-43(45-31-33-14-16-37(17-15-33)40-20-18-38(19-21-40)35-9-3-1-4-10-35)26-28-49-50-29-27-44(48)46-32-34-8-7-13-42(30-34)41-24-22-39(23-25-41)36-11-5-2-6-12-36/h1-25,30H,26-29,31-32H2,(H,45,47)(H,46,48). The minimum atomic E-state index is 0.0312. The smallest absolute Gasteiger partial charge is 0.221 e. The Balaban J connectivity index is 0.837. The van der Waals surface area contributed by atoms with E-state index >= 15 is 0 Å². The van der Waals surface area contributed by atoms with E-state index in [4.69, 9.17) is 0 Å². The van der Waals surface area contributed by atoms with E-state index in [1.54, 1.807) is 21.6 Å². The van der Waals surface area contributed by atoms with Crippen molar-refractivity contribution in [3.05, 3.63) is 169 Å². The van der Waals surface area contributed by atoms with Crippen molar-refractivity contribution in [3.63, 3.8) is 0 Å². The molecule has 0 aliphatic carbocycles. The summed E-state index contributed by atoms with van der Waals surface area (Å²) in [5.41, 5.74) is 11.5. The second kappa shape index (κ2) is 18.1. The van der Waals surface area contributed by atoms with Crippen molar-refractivity contribution in [2.24, 2.45) is 0 Å². The third-order valence-electron chi connectivity index (χ3n) is 8.42. The molecule has 0 saturated carbocycles. The van der Waals surface area contributed by atoms with Crippen molar-refractivity contribution in [1.82, 2.24) is 10.6 Å². The van der Waals surface area contributed by atoms with Crippen molar-refractivity contribution < 1.29 is 9.59 Å². The van der Waals surface area contributed by atoms with E-state index in [0.717, 1.165) is 27.8 Å². The van der Waals surface area contributed by atoms with Gasteiger partial charge in [-0.05, 0) is 61.7 Å². The fourth-order valence-electron chi connectivity index (χ4n) is 5.61. The van der Waals surface area contributed by atoms with Crippen LogP contribution in [-0.4, -0.2) is 23.3 Å². The molecule has 2 N–H and O–H groups in total. The Hall–Kier alpha value is -5.04. The first-order valence-electron chi connectivity index (χ1n) is 16.9. The second-order valence-corrected chi connectivity index (χ2v) is 14.7. The van der Waals surface area contributed by atoms with Crippen LogP contribution in [0.5, 0.6) is 0 Å². The molecule has 50 heavy (non-hydrogen) atoms. The molecule has 0 bridgehead atoms. The highest BCUT2D eigenvalue weighted by atomic mass is 33.1. The van der Waals surface area contributed by atoms with E-state index in [1.807, 2.05) is 24.3 Å². The van der Waals surface area contributed by atoms with Gasteiger partial charge in [0, 0.05) is 37.4 Å². The Bertz CT molecular complexity index is 1960. The molecule has 0 unspecified atom stereocenters. The molecule has 0 radical (unpaired) electrons. The van der Waals surface area contributed by atoms with Crippen LogP contribution < -0.4 is 10.6 Å². The van der Waals surface area contributed by atoms with Crippen LogP contribution in [-0.2, 0) is 22.7 Å². The van der Waals surface area contributed by atoms with E-state index in [9.17, 15) is 9.59 Å². The third kappa shape index (κ3) is 10.2. The highest BCUT2D eigenvalue weighted by molar-refractivity contribution is 8.76. The van der Waals surface area contributed by atoms with Gasteiger partial charge in [0.1, 0.15) is 0 Å². The number of hydrogen-bond acceptors (Lipinski definition) is 4. The Morgan fingerprint density at radius 1 is 0.380 bits per heavy atom. The molecule has 4 nitrogen and oxygen atoms in total. The zero-order valence-electron chi connectivity index (χ0n) is 27.9. The SMILES string of the molecule is O=C(CCSSCCC(=O)NCc1cccc(-c2ccc(-c3ccccc3)cc2)c1)NCc1ccc(-c2ccc(-c3ccccc3)cc2)cc1. The average Bonchev–Trinajstić information content (AvgIpc) is 3.19. The molecule has 0 spiro atoms. The predicted molar refractivity (Wildman–Crippen MR) is 212 cm³/mol. The number of nitrogens with one attached hydrogen (secondary N) is 2. The van der Waals surface area contributed by atoms with Gasteiger partial charge in [-0.15, -0.1) is 0 Å². The van der Waals surface area contributed by atoms with E-state index in [1.165, 1.54) is 27.8 Å². The van der Waals surface area contributed by atoms with Gasteiger partial charge >= 0.3 is 0 Å². The molecule has 0 aliphatic heterocycles. The summed E-state index contributed by atoms with van der Waals surface area (Å²) in [4.78, 5) is 24.9. The van der Waals surface area contributed by atoms with Crippen molar-refractivity contribution in [2.75, 3.05) is 11.5 Å². The molecule has 0 aliphatic rings. The number of amides is 2. The number of rotatable bonds is 15. The lowest BCUT2D eigenvalue weighted by atomic mass is 9.99. The summed E-state index contributed by atoms with van der Waals surface area (Å²) in [6, 6.07) is 54.6. The molecule has 0 saturated heterocycles. The summed E-state index contributed by atoms with van der Waals surface area (Å²) >= 11 is 0. The summed E-state index contributed by atoms with van der Waals surface area (Å²) in [7, 11) is 3.27. The van der Waals surface area contributed by atoms with Crippen LogP contribution in [0.3, 0.4) is 0 Å². The highest BCUT2D eigenvalue weighted by Crippen LogP contribution is 2.27.